The Bertz CT molecular complexity index is 795. The zero-order valence-electron chi connectivity index (χ0n) is 10.1. The van der Waals surface area contributed by atoms with E-state index in [9.17, 15) is 4.79 Å². The molecular weight excluding hydrogens is 282 g/mol. The smallest absolute Gasteiger partial charge is 0.266 e. The van der Waals surface area contributed by atoms with Gasteiger partial charge in [-0.15, -0.1) is 5.10 Å². The topological polar surface area (TPSA) is 39.3 Å². The number of thioether (sulfide) groups is 1. The van der Waals surface area contributed by atoms with E-state index in [0.29, 0.717) is 15.7 Å². The fraction of sp³-hybridized carbons (Fsp3) is 0.0769. The second kappa shape index (κ2) is 4.75. The molecule has 1 aromatic carbocycles. The fourth-order valence-electron chi connectivity index (χ4n) is 1.95. The van der Waals surface area contributed by atoms with Crippen LogP contribution in [0.25, 0.3) is 11.2 Å². The van der Waals surface area contributed by atoms with Crippen molar-refractivity contribution < 1.29 is 0 Å². The highest BCUT2D eigenvalue weighted by Gasteiger charge is 2.14. The van der Waals surface area contributed by atoms with E-state index in [1.54, 1.807) is 16.8 Å². The van der Waals surface area contributed by atoms with Gasteiger partial charge in [0.1, 0.15) is 5.52 Å². The van der Waals surface area contributed by atoms with Crippen LogP contribution in [0.3, 0.4) is 0 Å². The Morgan fingerprint density at radius 2 is 1.95 bits per heavy atom. The van der Waals surface area contributed by atoms with Crippen LogP contribution in [-0.2, 0) is 0 Å². The summed E-state index contributed by atoms with van der Waals surface area (Å²) in [6.45, 7) is 0. The molecule has 0 radical (unpaired) electrons. The van der Waals surface area contributed by atoms with Gasteiger partial charge in [-0.3, -0.25) is 9.36 Å². The van der Waals surface area contributed by atoms with Gasteiger partial charge < -0.3 is 0 Å². The molecule has 4 nitrogen and oxygen atoms in total. The minimum atomic E-state index is -0.166. The first-order chi connectivity index (χ1) is 9.22. The first-order valence-corrected chi connectivity index (χ1v) is 7.22. The number of fused-ring (bicyclic) bond motifs is 1. The number of aromatic nitrogens is 3. The average Bonchev–Trinajstić information content (AvgIpc) is 2.81. The van der Waals surface area contributed by atoms with E-state index in [4.69, 9.17) is 11.6 Å². The Labute approximate surface area is 118 Å². The molecule has 0 amide bonds. The van der Waals surface area contributed by atoms with E-state index < -0.39 is 0 Å². The van der Waals surface area contributed by atoms with Gasteiger partial charge in [0.15, 0.2) is 5.16 Å². The molecule has 0 bridgehead atoms. The van der Waals surface area contributed by atoms with Crippen LogP contribution in [0.2, 0.25) is 5.02 Å². The number of benzene rings is 1. The minimum absolute atomic E-state index is 0.166. The molecule has 96 valence electrons. The number of halogens is 1. The first kappa shape index (κ1) is 12.3. The summed E-state index contributed by atoms with van der Waals surface area (Å²) in [4.78, 5) is 12.6. The third kappa shape index (κ3) is 1.95. The van der Waals surface area contributed by atoms with Gasteiger partial charge in [-0.1, -0.05) is 41.6 Å². The van der Waals surface area contributed by atoms with Crippen molar-refractivity contribution in [1.29, 1.82) is 0 Å². The molecule has 0 saturated carbocycles. The molecule has 0 unspecified atom stereocenters. The molecule has 6 heteroatoms. The van der Waals surface area contributed by atoms with Crippen LogP contribution >= 0.6 is 23.4 Å². The largest absolute Gasteiger partial charge is 0.284 e. The Hall–Kier alpha value is -1.72. The Balaban J connectivity index is 2.43. The normalized spacial score (nSPS) is 11.1. The number of para-hydroxylation sites is 1. The molecule has 0 spiro atoms. The van der Waals surface area contributed by atoms with Gasteiger partial charge >= 0.3 is 0 Å². The van der Waals surface area contributed by atoms with Crippen molar-refractivity contribution in [2.75, 3.05) is 6.26 Å². The summed E-state index contributed by atoms with van der Waals surface area (Å²) in [7, 11) is 0. The molecule has 3 rings (SSSR count). The summed E-state index contributed by atoms with van der Waals surface area (Å²) in [6.07, 6.45) is 3.58. The molecule has 0 aliphatic heterocycles. The van der Waals surface area contributed by atoms with E-state index >= 15 is 0 Å². The van der Waals surface area contributed by atoms with Crippen molar-refractivity contribution in [2.45, 2.75) is 5.16 Å². The monoisotopic (exact) mass is 291 g/mol. The molecule has 0 fully saturated rings. The van der Waals surface area contributed by atoms with Crippen LogP contribution in [0.5, 0.6) is 0 Å². The molecular formula is C13H10ClN3OS. The van der Waals surface area contributed by atoms with Crippen LogP contribution in [0.1, 0.15) is 0 Å². The number of rotatable bonds is 2. The van der Waals surface area contributed by atoms with Crippen molar-refractivity contribution in [2.24, 2.45) is 0 Å². The van der Waals surface area contributed by atoms with Crippen LogP contribution in [0.4, 0.5) is 0 Å². The van der Waals surface area contributed by atoms with Gasteiger partial charge in [-0.25, -0.2) is 4.52 Å². The maximum Gasteiger partial charge on any atom is 0.284 e. The highest BCUT2D eigenvalue weighted by atomic mass is 35.5. The highest BCUT2D eigenvalue weighted by molar-refractivity contribution is 7.98. The van der Waals surface area contributed by atoms with Gasteiger partial charge in [0.2, 0.25) is 0 Å². The molecule has 0 aliphatic rings. The van der Waals surface area contributed by atoms with E-state index in [1.807, 2.05) is 36.6 Å². The summed E-state index contributed by atoms with van der Waals surface area (Å²) in [5, 5.41) is 5.44. The van der Waals surface area contributed by atoms with Crippen LogP contribution in [0.15, 0.2) is 52.5 Å². The predicted octanol–water partition coefficient (Wildman–Crippen LogP) is 2.86. The van der Waals surface area contributed by atoms with Crippen molar-refractivity contribution in [1.82, 2.24) is 14.2 Å². The maximum absolute atomic E-state index is 12.6. The number of hydrogen-bond acceptors (Lipinski definition) is 3. The second-order valence-corrected chi connectivity index (χ2v) is 5.10. The van der Waals surface area contributed by atoms with Gasteiger partial charge in [0.05, 0.1) is 10.7 Å². The Morgan fingerprint density at radius 1 is 1.21 bits per heavy atom. The Kier molecular flexibility index (Phi) is 3.08. The summed E-state index contributed by atoms with van der Waals surface area (Å²) >= 11 is 7.47. The van der Waals surface area contributed by atoms with Crippen molar-refractivity contribution >= 4 is 28.9 Å². The molecule has 3 aromatic rings. The lowest BCUT2D eigenvalue weighted by atomic mass is 10.3. The van der Waals surface area contributed by atoms with Gasteiger partial charge in [-0.2, -0.15) is 0 Å². The van der Waals surface area contributed by atoms with E-state index in [-0.39, 0.29) is 5.56 Å². The van der Waals surface area contributed by atoms with Gasteiger partial charge in [0.25, 0.3) is 5.56 Å². The zero-order valence-corrected chi connectivity index (χ0v) is 11.6. The van der Waals surface area contributed by atoms with Crippen LogP contribution < -0.4 is 5.56 Å². The maximum atomic E-state index is 12.6. The lowest BCUT2D eigenvalue weighted by Crippen LogP contribution is -2.24. The van der Waals surface area contributed by atoms with Crippen molar-refractivity contribution in [3.05, 3.63) is 58.0 Å². The lowest BCUT2D eigenvalue weighted by Gasteiger charge is -2.10. The molecule has 0 atom stereocenters. The van der Waals surface area contributed by atoms with Crippen LogP contribution in [0, 0.1) is 0 Å². The van der Waals surface area contributed by atoms with Crippen LogP contribution in [-0.4, -0.2) is 20.4 Å². The third-order valence-electron chi connectivity index (χ3n) is 2.80. The minimum Gasteiger partial charge on any atom is -0.266 e. The molecule has 0 N–H and O–H groups in total. The molecule has 2 aromatic heterocycles. The molecule has 0 saturated heterocycles. The quantitative estimate of drug-likeness (QED) is 0.682. The van der Waals surface area contributed by atoms with Gasteiger partial charge in [-0.05, 0) is 24.5 Å². The average molecular weight is 292 g/mol. The number of nitrogens with zero attached hydrogens (tertiary/aromatic N) is 3. The third-order valence-corrected chi connectivity index (χ3v) is 3.74. The van der Waals surface area contributed by atoms with E-state index in [1.165, 1.54) is 16.3 Å². The predicted molar refractivity (Wildman–Crippen MR) is 77.6 cm³/mol. The summed E-state index contributed by atoms with van der Waals surface area (Å²) in [5.41, 5.74) is 1.01. The summed E-state index contributed by atoms with van der Waals surface area (Å²) in [6, 6.07) is 11.1. The highest BCUT2D eigenvalue weighted by Crippen LogP contribution is 2.19. The molecule has 19 heavy (non-hydrogen) atoms. The van der Waals surface area contributed by atoms with E-state index in [2.05, 4.69) is 5.10 Å². The van der Waals surface area contributed by atoms with E-state index in [0.717, 1.165) is 5.69 Å². The van der Waals surface area contributed by atoms with Crippen molar-refractivity contribution in [3.8, 4) is 5.69 Å². The van der Waals surface area contributed by atoms with Gasteiger partial charge in [0, 0.05) is 6.20 Å². The SMILES string of the molecule is CSc1nn2ccc(Cl)c2c(=O)n1-c1ccccc1. The second-order valence-electron chi connectivity index (χ2n) is 3.92. The standard InChI is InChI=1S/C13H10ClN3OS/c1-19-13-15-16-8-7-10(14)11(16)12(18)17(13)9-5-3-2-4-6-9/h2-8H,1H3. The van der Waals surface area contributed by atoms with Crippen molar-refractivity contribution in [3.63, 3.8) is 0 Å². The summed E-state index contributed by atoms with van der Waals surface area (Å²) < 4.78 is 3.10. The fourth-order valence-corrected chi connectivity index (χ4v) is 2.71. The lowest BCUT2D eigenvalue weighted by molar-refractivity contribution is 0.711. The molecule has 2 heterocycles. The Morgan fingerprint density at radius 3 is 2.63 bits per heavy atom. The first-order valence-electron chi connectivity index (χ1n) is 5.61. The zero-order chi connectivity index (χ0) is 13.4. The number of hydrogen-bond donors (Lipinski definition) is 0. The molecule has 0 aliphatic carbocycles. The summed E-state index contributed by atoms with van der Waals surface area (Å²) in [5.74, 6) is 0.